The largest absolute Gasteiger partial charge is 0.306 e. The summed E-state index contributed by atoms with van der Waals surface area (Å²) >= 11 is 0. The van der Waals surface area contributed by atoms with Gasteiger partial charge in [-0.15, -0.1) is 0 Å². The van der Waals surface area contributed by atoms with E-state index in [1.54, 1.807) is 0 Å². The van der Waals surface area contributed by atoms with Crippen molar-refractivity contribution in [2.24, 2.45) is 0 Å². The highest BCUT2D eigenvalue weighted by molar-refractivity contribution is 5.38. The standard InChI is InChI=1S/C12H17N/c1-8(2)10-4-5-11-7-13-9(3)12(11)6-10/h4-6,8-9,13H,7H2,1-3H3/t9-/m0/s1. The van der Waals surface area contributed by atoms with E-state index in [4.69, 9.17) is 0 Å². The number of fused-ring (bicyclic) bond motifs is 1. The highest BCUT2D eigenvalue weighted by atomic mass is 14.9. The third kappa shape index (κ3) is 1.49. The van der Waals surface area contributed by atoms with Crippen LogP contribution in [-0.2, 0) is 6.54 Å². The minimum absolute atomic E-state index is 0.536. The summed E-state index contributed by atoms with van der Waals surface area (Å²) in [5.41, 5.74) is 4.41. The summed E-state index contributed by atoms with van der Waals surface area (Å²) in [6.07, 6.45) is 0. The Balaban J connectivity index is 2.42. The fraction of sp³-hybridized carbons (Fsp3) is 0.500. The molecule has 0 radical (unpaired) electrons. The monoisotopic (exact) mass is 175 g/mol. The minimum atomic E-state index is 0.536. The van der Waals surface area contributed by atoms with Crippen molar-refractivity contribution in [1.29, 1.82) is 0 Å². The summed E-state index contributed by atoms with van der Waals surface area (Å²) in [7, 11) is 0. The molecule has 1 aromatic carbocycles. The van der Waals surface area contributed by atoms with Crippen molar-refractivity contribution in [3.63, 3.8) is 0 Å². The van der Waals surface area contributed by atoms with Gasteiger partial charge in [0, 0.05) is 12.6 Å². The van der Waals surface area contributed by atoms with Gasteiger partial charge < -0.3 is 5.32 Å². The van der Waals surface area contributed by atoms with Crippen LogP contribution in [0.25, 0.3) is 0 Å². The Kier molecular flexibility index (Phi) is 2.12. The van der Waals surface area contributed by atoms with Crippen LogP contribution in [0.3, 0.4) is 0 Å². The van der Waals surface area contributed by atoms with Gasteiger partial charge in [0.05, 0.1) is 0 Å². The summed E-state index contributed by atoms with van der Waals surface area (Å²) in [6.45, 7) is 7.76. The third-order valence-electron chi connectivity index (χ3n) is 2.90. The van der Waals surface area contributed by atoms with Gasteiger partial charge in [-0.1, -0.05) is 32.0 Å². The van der Waals surface area contributed by atoms with Gasteiger partial charge in [-0.2, -0.15) is 0 Å². The van der Waals surface area contributed by atoms with E-state index in [1.807, 2.05) is 0 Å². The number of hydrogen-bond donors (Lipinski definition) is 1. The third-order valence-corrected chi connectivity index (χ3v) is 2.90. The molecule has 0 spiro atoms. The maximum Gasteiger partial charge on any atom is 0.0298 e. The van der Waals surface area contributed by atoms with Crippen LogP contribution < -0.4 is 5.32 Å². The van der Waals surface area contributed by atoms with Crippen molar-refractivity contribution in [2.75, 3.05) is 0 Å². The molecule has 1 heterocycles. The topological polar surface area (TPSA) is 12.0 Å². The molecule has 0 aromatic heterocycles. The second kappa shape index (κ2) is 3.15. The highest BCUT2D eigenvalue weighted by Gasteiger charge is 2.17. The molecule has 0 unspecified atom stereocenters. The average Bonchev–Trinajstić information content (AvgIpc) is 2.47. The smallest absolute Gasteiger partial charge is 0.0298 e. The molecule has 1 atom stereocenters. The molecular weight excluding hydrogens is 158 g/mol. The van der Waals surface area contributed by atoms with Gasteiger partial charge >= 0.3 is 0 Å². The number of rotatable bonds is 1. The quantitative estimate of drug-likeness (QED) is 0.692. The number of nitrogens with one attached hydrogen (secondary N) is 1. The van der Waals surface area contributed by atoms with Crippen molar-refractivity contribution in [3.05, 3.63) is 34.9 Å². The lowest BCUT2D eigenvalue weighted by molar-refractivity contribution is 0.633. The lowest BCUT2D eigenvalue weighted by Gasteiger charge is -2.09. The van der Waals surface area contributed by atoms with Gasteiger partial charge in [-0.25, -0.2) is 0 Å². The maximum absolute atomic E-state index is 3.45. The highest BCUT2D eigenvalue weighted by Crippen LogP contribution is 2.28. The van der Waals surface area contributed by atoms with Crippen LogP contribution in [0, 0.1) is 0 Å². The van der Waals surface area contributed by atoms with Crippen molar-refractivity contribution in [1.82, 2.24) is 5.32 Å². The molecule has 1 nitrogen and oxygen atoms in total. The van der Waals surface area contributed by atoms with Gasteiger partial charge in [0.15, 0.2) is 0 Å². The Hall–Kier alpha value is -0.820. The second-order valence-corrected chi connectivity index (χ2v) is 4.22. The first-order valence-electron chi connectivity index (χ1n) is 5.04. The van der Waals surface area contributed by atoms with Gasteiger partial charge in [0.25, 0.3) is 0 Å². The predicted molar refractivity (Wildman–Crippen MR) is 55.8 cm³/mol. The first-order chi connectivity index (χ1) is 6.18. The first-order valence-corrected chi connectivity index (χ1v) is 5.04. The zero-order chi connectivity index (χ0) is 9.42. The van der Waals surface area contributed by atoms with Crippen molar-refractivity contribution >= 4 is 0 Å². The van der Waals surface area contributed by atoms with E-state index >= 15 is 0 Å². The van der Waals surface area contributed by atoms with Gasteiger partial charge in [-0.05, 0) is 29.5 Å². The normalized spacial score (nSPS) is 20.8. The second-order valence-electron chi connectivity index (χ2n) is 4.22. The van der Waals surface area contributed by atoms with Crippen LogP contribution >= 0.6 is 0 Å². The molecule has 0 fully saturated rings. The molecular formula is C12H17N. The molecule has 1 heteroatoms. The molecule has 0 amide bonds. The zero-order valence-corrected chi connectivity index (χ0v) is 8.59. The SMILES string of the molecule is CC(C)c1ccc2c(c1)[C@H](C)NC2. The molecule has 1 aliphatic rings. The molecule has 1 aliphatic heterocycles. The Labute approximate surface area is 80.2 Å². The Morgan fingerprint density at radius 3 is 2.85 bits per heavy atom. The van der Waals surface area contributed by atoms with Gasteiger partial charge in [0.2, 0.25) is 0 Å². The van der Waals surface area contributed by atoms with E-state index in [0.717, 1.165) is 6.54 Å². The number of benzene rings is 1. The van der Waals surface area contributed by atoms with Crippen molar-refractivity contribution in [3.8, 4) is 0 Å². The molecule has 1 N–H and O–H groups in total. The fourth-order valence-corrected chi connectivity index (χ4v) is 1.91. The maximum atomic E-state index is 3.45. The molecule has 2 rings (SSSR count). The van der Waals surface area contributed by atoms with E-state index in [2.05, 4.69) is 44.3 Å². The van der Waals surface area contributed by atoms with E-state index in [9.17, 15) is 0 Å². The molecule has 0 saturated carbocycles. The van der Waals surface area contributed by atoms with Crippen LogP contribution in [0.5, 0.6) is 0 Å². The van der Waals surface area contributed by atoms with Crippen LogP contribution in [0.2, 0.25) is 0 Å². The van der Waals surface area contributed by atoms with Gasteiger partial charge in [-0.3, -0.25) is 0 Å². The minimum Gasteiger partial charge on any atom is -0.306 e. The van der Waals surface area contributed by atoms with E-state index in [0.29, 0.717) is 12.0 Å². The van der Waals surface area contributed by atoms with Crippen molar-refractivity contribution < 1.29 is 0 Å². The van der Waals surface area contributed by atoms with E-state index in [-0.39, 0.29) is 0 Å². The Morgan fingerprint density at radius 2 is 2.15 bits per heavy atom. The summed E-state index contributed by atoms with van der Waals surface area (Å²) in [6, 6.07) is 7.41. The summed E-state index contributed by atoms with van der Waals surface area (Å²) in [5.74, 6) is 0.637. The van der Waals surface area contributed by atoms with Crippen LogP contribution in [0.15, 0.2) is 18.2 Å². The first kappa shape index (κ1) is 8.76. The lowest BCUT2D eigenvalue weighted by Crippen LogP contribution is -2.07. The predicted octanol–water partition coefficient (Wildman–Crippen LogP) is 2.97. The zero-order valence-electron chi connectivity index (χ0n) is 8.59. The summed E-state index contributed by atoms with van der Waals surface area (Å²) in [5, 5.41) is 3.45. The molecule has 0 bridgehead atoms. The molecule has 70 valence electrons. The van der Waals surface area contributed by atoms with E-state index < -0.39 is 0 Å². The van der Waals surface area contributed by atoms with Crippen LogP contribution in [-0.4, -0.2) is 0 Å². The van der Waals surface area contributed by atoms with Gasteiger partial charge in [0.1, 0.15) is 0 Å². The molecule has 13 heavy (non-hydrogen) atoms. The lowest BCUT2D eigenvalue weighted by atomic mass is 9.96. The Morgan fingerprint density at radius 1 is 1.38 bits per heavy atom. The van der Waals surface area contributed by atoms with Crippen LogP contribution in [0.1, 0.15) is 49.4 Å². The average molecular weight is 175 g/mol. The molecule has 1 aromatic rings. The Bertz CT molecular complexity index is 315. The summed E-state index contributed by atoms with van der Waals surface area (Å²) < 4.78 is 0. The van der Waals surface area contributed by atoms with Crippen molar-refractivity contribution in [2.45, 2.75) is 39.3 Å². The molecule has 0 aliphatic carbocycles. The van der Waals surface area contributed by atoms with E-state index in [1.165, 1.54) is 16.7 Å². The fourth-order valence-electron chi connectivity index (χ4n) is 1.91. The van der Waals surface area contributed by atoms with Crippen LogP contribution in [0.4, 0.5) is 0 Å². The number of hydrogen-bond acceptors (Lipinski definition) is 1. The molecule has 0 saturated heterocycles. The summed E-state index contributed by atoms with van der Waals surface area (Å²) in [4.78, 5) is 0.